The molecule has 1 aromatic rings. The van der Waals surface area contributed by atoms with Crippen molar-refractivity contribution in [2.75, 3.05) is 6.54 Å². The average molecular weight is 326 g/mol. The minimum Gasteiger partial charge on any atom is -0.481 e. The van der Waals surface area contributed by atoms with Gasteiger partial charge in [0.05, 0.1) is 6.42 Å². The molecule has 1 aliphatic rings. The summed E-state index contributed by atoms with van der Waals surface area (Å²) in [6.45, 7) is 2.81. The fourth-order valence-corrected chi connectivity index (χ4v) is 3.02. The Kier molecular flexibility index (Phi) is 4.99. The van der Waals surface area contributed by atoms with Gasteiger partial charge in [0.1, 0.15) is 0 Å². The summed E-state index contributed by atoms with van der Waals surface area (Å²) in [4.78, 5) is 13.2. The number of carbonyl (C=O) groups is 1. The van der Waals surface area contributed by atoms with Crippen LogP contribution in [0.25, 0.3) is 0 Å². The van der Waals surface area contributed by atoms with Gasteiger partial charge in [-0.15, -0.1) is 0 Å². The third-order valence-corrected chi connectivity index (χ3v) is 4.11. The zero-order valence-corrected chi connectivity index (χ0v) is 12.8. The van der Waals surface area contributed by atoms with Crippen molar-refractivity contribution in [1.29, 1.82) is 0 Å². The van der Waals surface area contributed by atoms with E-state index in [1.54, 1.807) is 0 Å². The van der Waals surface area contributed by atoms with Gasteiger partial charge in [-0.05, 0) is 37.0 Å². The molecular formula is C15H20BrNO2. The first-order valence-corrected chi connectivity index (χ1v) is 7.64. The second kappa shape index (κ2) is 6.53. The van der Waals surface area contributed by atoms with Gasteiger partial charge in [0.15, 0.2) is 0 Å². The maximum atomic E-state index is 10.8. The van der Waals surface area contributed by atoms with Crippen LogP contribution >= 0.6 is 15.9 Å². The molecule has 0 saturated heterocycles. The number of hydrogen-bond acceptors (Lipinski definition) is 2. The first kappa shape index (κ1) is 14.5. The van der Waals surface area contributed by atoms with E-state index in [9.17, 15) is 4.79 Å². The van der Waals surface area contributed by atoms with Crippen LogP contribution in [0.4, 0.5) is 0 Å². The monoisotopic (exact) mass is 325 g/mol. The maximum absolute atomic E-state index is 10.8. The van der Waals surface area contributed by atoms with E-state index in [1.165, 1.54) is 18.4 Å². The van der Waals surface area contributed by atoms with E-state index in [4.69, 9.17) is 5.11 Å². The van der Waals surface area contributed by atoms with Gasteiger partial charge in [-0.25, -0.2) is 0 Å². The first-order valence-electron chi connectivity index (χ1n) is 6.84. The van der Waals surface area contributed by atoms with Crippen molar-refractivity contribution in [3.8, 4) is 0 Å². The zero-order chi connectivity index (χ0) is 13.8. The van der Waals surface area contributed by atoms with Crippen LogP contribution in [-0.2, 0) is 4.79 Å². The predicted octanol–water partition coefficient (Wildman–Crippen LogP) is 3.84. The summed E-state index contributed by atoms with van der Waals surface area (Å²) in [6.07, 6.45) is 3.63. The number of hydrogen-bond donors (Lipinski definition) is 1. The van der Waals surface area contributed by atoms with E-state index in [-0.39, 0.29) is 6.42 Å². The number of carboxylic acid groups (broad SMARTS) is 1. The SMILES string of the molecule is CCC(c1cccc(Br)c1)N(CCC(=O)O)C1CC1. The third-order valence-electron chi connectivity index (χ3n) is 3.62. The Balaban J connectivity index is 2.14. The highest BCUT2D eigenvalue weighted by molar-refractivity contribution is 9.10. The second-order valence-corrected chi connectivity index (χ2v) is 6.01. The van der Waals surface area contributed by atoms with Crippen molar-refractivity contribution in [2.24, 2.45) is 0 Å². The molecule has 1 aromatic carbocycles. The lowest BCUT2D eigenvalue weighted by atomic mass is 10.0. The van der Waals surface area contributed by atoms with Crippen LogP contribution in [0.5, 0.6) is 0 Å². The van der Waals surface area contributed by atoms with Crippen molar-refractivity contribution in [3.05, 3.63) is 34.3 Å². The highest BCUT2D eigenvalue weighted by atomic mass is 79.9. The third kappa shape index (κ3) is 4.05. The minimum atomic E-state index is -0.713. The van der Waals surface area contributed by atoms with E-state index in [1.807, 2.05) is 12.1 Å². The van der Waals surface area contributed by atoms with E-state index in [2.05, 4.69) is 39.9 Å². The molecule has 4 heteroatoms. The minimum absolute atomic E-state index is 0.223. The van der Waals surface area contributed by atoms with Crippen molar-refractivity contribution in [2.45, 2.75) is 44.7 Å². The molecule has 0 heterocycles. The first-order chi connectivity index (χ1) is 9.11. The van der Waals surface area contributed by atoms with Gasteiger partial charge in [-0.2, -0.15) is 0 Å². The molecule has 2 rings (SSSR count). The Hall–Kier alpha value is -0.870. The maximum Gasteiger partial charge on any atom is 0.304 e. The number of nitrogens with zero attached hydrogens (tertiary/aromatic N) is 1. The lowest BCUT2D eigenvalue weighted by Gasteiger charge is -2.31. The normalized spacial score (nSPS) is 16.6. The van der Waals surface area contributed by atoms with Crippen LogP contribution in [0.15, 0.2) is 28.7 Å². The van der Waals surface area contributed by atoms with Crippen LogP contribution in [0.3, 0.4) is 0 Å². The molecule has 0 radical (unpaired) electrons. The summed E-state index contributed by atoms with van der Waals surface area (Å²) >= 11 is 3.51. The fourth-order valence-electron chi connectivity index (χ4n) is 2.60. The standard InChI is InChI=1S/C15H20BrNO2/c1-2-14(11-4-3-5-12(16)10-11)17(13-6-7-13)9-8-15(18)19/h3-5,10,13-14H,2,6-9H2,1H3,(H,18,19). The van der Waals surface area contributed by atoms with Gasteiger partial charge in [-0.3, -0.25) is 9.69 Å². The van der Waals surface area contributed by atoms with Gasteiger partial charge in [-0.1, -0.05) is 35.0 Å². The molecular weight excluding hydrogens is 306 g/mol. The smallest absolute Gasteiger partial charge is 0.304 e. The summed E-state index contributed by atoms with van der Waals surface area (Å²) < 4.78 is 1.08. The predicted molar refractivity (Wildman–Crippen MR) is 79.2 cm³/mol. The number of aliphatic carboxylic acids is 1. The molecule has 1 fully saturated rings. The molecule has 1 saturated carbocycles. The van der Waals surface area contributed by atoms with Crippen LogP contribution < -0.4 is 0 Å². The number of halogens is 1. The molecule has 1 atom stereocenters. The zero-order valence-electron chi connectivity index (χ0n) is 11.2. The summed E-state index contributed by atoms with van der Waals surface area (Å²) in [7, 11) is 0. The van der Waals surface area contributed by atoms with Crippen LogP contribution in [0.1, 0.15) is 44.2 Å². The summed E-state index contributed by atoms with van der Waals surface area (Å²) in [6, 6.07) is 9.24. The molecule has 1 aliphatic carbocycles. The van der Waals surface area contributed by atoms with E-state index < -0.39 is 5.97 Å². The average Bonchev–Trinajstić information content (AvgIpc) is 3.18. The number of rotatable bonds is 7. The highest BCUT2D eigenvalue weighted by Crippen LogP contribution is 2.36. The summed E-state index contributed by atoms with van der Waals surface area (Å²) in [5.74, 6) is -0.713. The lowest BCUT2D eigenvalue weighted by Crippen LogP contribution is -2.32. The van der Waals surface area contributed by atoms with E-state index in [0.717, 1.165) is 10.9 Å². The fraction of sp³-hybridized carbons (Fsp3) is 0.533. The van der Waals surface area contributed by atoms with Gasteiger partial charge >= 0.3 is 5.97 Å². The largest absolute Gasteiger partial charge is 0.481 e. The molecule has 1 unspecified atom stereocenters. The van der Waals surface area contributed by atoms with Gasteiger partial charge < -0.3 is 5.11 Å². The van der Waals surface area contributed by atoms with Gasteiger partial charge in [0.25, 0.3) is 0 Å². The summed E-state index contributed by atoms with van der Waals surface area (Å²) in [5, 5.41) is 8.90. The molecule has 0 aliphatic heterocycles. The van der Waals surface area contributed by atoms with Crippen LogP contribution in [0, 0.1) is 0 Å². The quantitative estimate of drug-likeness (QED) is 0.828. The van der Waals surface area contributed by atoms with E-state index >= 15 is 0 Å². The Labute approximate surface area is 122 Å². The molecule has 0 aromatic heterocycles. The number of carboxylic acids is 1. The number of benzene rings is 1. The van der Waals surface area contributed by atoms with E-state index in [0.29, 0.717) is 18.6 Å². The van der Waals surface area contributed by atoms with Gasteiger partial charge in [0, 0.05) is 23.1 Å². The topological polar surface area (TPSA) is 40.5 Å². The Morgan fingerprint density at radius 2 is 2.26 bits per heavy atom. The van der Waals surface area contributed by atoms with Crippen molar-refractivity contribution < 1.29 is 9.90 Å². The lowest BCUT2D eigenvalue weighted by molar-refractivity contribution is -0.137. The summed E-state index contributed by atoms with van der Waals surface area (Å²) in [5.41, 5.74) is 1.27. The Morgan fingerprint density at radius 3 is 2.79 bits per heavy atom. The van der Waals surface area contributed by atoms with Crippen molar-refractivity contribution in [1.82, 2.24) is 4.90 Å². The highest BCUT2D eigenvalue weighted by Gasteiger charge is 2.33. The Bertz CT molecular complexity index is 446. The molecule has 0 amide bonds. The van der Waals surface area contributed by atoms with Crippen LogP contribution in [-0.4, -0.2) is 28.6 Å². The molecule has 0 spiro atoms. The van der Waals surface area contributed by atoms with Crippen LogP contribution in [0.2, 0.25) is 0 Å². The Morgan fingerprint density at radius 1 is 1.53 bits per heavy atom. The second-order valence-electron chi connectivity index (χ2n) is 5.09. The molecule has 19 heavy (non-hydrogen) atoms. The molecule has 0 bridgehead atoms. The molecule has 104 valence electrons. The van der Waals surface area contributed by atoms with Crippen molar-refractivity contribution >= 4 is 21.9 Å². The molecule has 1 N–H and O–H groups in total. The van der Waals surface area contributed by atoms with Gasteiger partial charge in [0.2, 0.25) is 0 Å². The van der Waals surface area contributed by atoms with Crippen molar-refractivity contribution in [3.63, 3.8) is 0 Å². The molecule has 3 nitrogen and oxygen atoms in total.